The Morgan fingerprint density at radius 1 is 1.20 bits per heavy atom. The highest BCUT2D eigenvalue weighted by atomic mass is 16.6. The minimum absolute atomic E-state index is 0.00473. The monoisotopic (exact) mass is 338 g/mol. The van der Waals surface area contributed by atoms with E-state index in [1.54, 1.807) is 23.1 Å². The fourth-order valence-corrected chi connectivity index (χ4v) is 2.73. The molecule has 0 aromatic heterocycles. The van der Waals surface area contributed by atoms with Crippen molar-refractivity contribution in [2.75, 3.05) is 19.7 Å². The Bertz CT molecular complexity index is 789. The largest absolute Gasteiger partial charge is 0.370 e. The van der Waals surface area contributed by atoms with Crippen LogP contribution in [0.4, 0.5) is 5.69 Å². The first-order chi connectivity index (χ1) is 12.1. The molecule has 0 saturated carbocycles. The van der Waals surface area contributed by atoms with Crippen molar-refractivity contribution in [1.29, 1.82) is 0 Å². The molecule has 1 unspecified atom stereocenters. The topological polar surface area (TPSA) is 72.7 Å². The van der Waals surface area contributed by atoms with Crippen LogP contribution in [0.2, 0.25) is 0 Å². The van der Waals surface area contributed by atoms with E-state index in [0.29, 0.717) is 25.3 Å². The van der Waals surface area contributed by atoms with E-state index in [1.807, 2.05) is 30.3 Å². The molecule has 0 bridgehead atoms. The summed E-state index contributed by atoms with van der Waals surface area (Å²) in [5, 5.41) is 10.8. The van der Waals surface area contributed by atoms with Crippen LogP contribution in [0.5, 0.6) is 0 Å². The van der Waals surface area contributed by atoms with Crippen LogP contribution in [0.3, 0.4) is 0 Å². The number of benzene rings is 2. The molecule has 1 amide bonds. The number of nitro groups is 1. The summed E-state index contributed by atoms with van der Waals surface area (Å²) in [5.41, 5.74) is 1.67. The Kier molecular flexibility index (Phi) is 5.20. The second-order valence-corrected chi connectivity index (χ2v) is 5.74. The van der Waals surface area contributed by atoms with E-state index in [9.17, 15) is 14.9 Å². The third kappa shape index (κ3) is 4.30. The molecule has 1 atom stereocenters. The summed E-state index contributed by atoms with van der Waals surface area (Å²) in [5.74, 6) is -0.129. The van der Waals surface area contributed by atoms with Crippen LogP contribution < -0.4 is 0 Å². The first-order valence-corrected chi connectivity index (χ1v) is 8.01. The number of hydrogen-bond donors (Lipinski definition) is 0. The molecule has 6 heteroatoms. The highest BCUT2D eigenvalue weighted by Crippen LogP contribution is 2.22. The molecule has 1 saturated heterocycles. The Balaban J connectivity index is 1.66. The number of nitro benzene ring substituents is 1. The molecule has 2 aromatic rings. The lowest BCUT2D eigenvalue weighted by molar-refractivity contribution is -0.384. The lowest BCUT2D eigenvalue weighted by Gasteiger charge is -2.32. The fourth-order valence-electron chi connectivity index (χ4n) is 2.73. The van der Waals surface area contributed by atoms with Gasteiger partial charge >= 0.3 is 0 Å². The molecule has 1 heterocycles. The lowest BCUT2D eigenvalue weighted by atomic mass is 10.1. The van der Waals surface area contributed by atoms with Crippen LogP contribution in [-0.4, -0.2) is 35.4 Å². The number of nitrogens with zero attached hydrogens (tertiary/aromatic N) is 2. The average Bonchev–Trinajstić information content (AvgIpc) is 2.67. The van der Waals surface area contributed by atoms with Crippen molar-refractivity contribution in [2.45, 2.75) is 6.10 Å². The summed E-state index contributed by atoms with van der Waals surface area (Å²) >= 11 is 0. The van der Waals surface area contributed by atoms with Crippen molar-refractivity contribution in [3.8, 4) is 0 Å². The average molecular weight is 338 g/mol. The number of amides is 1. The van der Waals surface area contributed by atoms with Gasteiger partial charge in [0.25, 0.3) is 5.69 Å². The predicted octanol–water partition coefficient (Wildman–Crippen LogP) is 3.21. The number of hydrogen-bond acceptors (Lipinski definition) is 4. The van der Waals surface area contributed by atoms with Crippen LogP contribution in [0, 0.1) is 10.1 Å². The van der Waals surface area contributed by atoms with Gasteiger partial charge in [-0.3, -0.25) is 14.9 Å². The fraction of sp³-hybridized carbons (Fsp3) is 0.211. The molecule has 2 aromatic carbocycles. The maximum Gasteiger partial charge on any atom is 0.270 e. The maximum atomic E-state index is 12.4. The van der Waals surface area contributed by atoms with Crippen LogP contribution in [0.15, 0.2) is 60.7 Å². The Morgan fingerprint density at radius 3 is 2.76 bits per heavy atom. The van der Waals surface area contributed by atoms with Gasteiger partial charge in [-0.1, -0.05) is 42.5 Å². The van der Waals surface area contributed by atoms with Gasteiger partial charge in [-0.2, -0.15) is 0 Å². The summed E-state index contributed by atoms with van der Waals surface area (Å²) in [7, 11) is 0. The zero-order chi connectivity index (χ0) is 17.6. The second-order valence-electron chi connectivity index (χ2n) is 5.74. The van der Waals surface area contributed by atoms with E-state index in [2.05, 4.69) is 0 Å². The van der Waals surface area contributed by atoms with Gasteiger partial charge in [0.05, 0.1) is 18.1 Å². The molecule has 0 spiro atoms. The van der Waals surface area contributed by atoms with Crippen LogP contribution in [-0.2, 0) is 9.53 Å². The van der Waals surface area contributed by atoms with Gasteiger partial charge in [0.2, 0.25) is 5.91 Å². The molecule has 1 fully saturated rings. The smallest absolute Gasteiger partial charge is 0.270 e. The predicted molar refractivity (Wildman–Crippen MR) is 93.8 cm³/mol. The number of rotatable bonds is 4. The van der Waals surface area contributed by atoms with Crippen molar-refractivity contribution >= 4 is 17.7 Å². The molecule has 6 nitrogen and oxygen atoms in total. The van der Waals surface area contributed by atoms with Gasteiger partial charge in [-0.25, -0.2) is 0 Å². The number of morpholine rings is 1. The van der Waals surface area contributed by atoms with Crippen molar-refractivity contribution in [1.82, 2.24) is 4.90 Å². The van der Waals surface area contributed by atoms with Gasteiger partial charge in [0, 0.05) is 24.8 Å². The van der Waals surface area contributed by atoms with Crippen molar-refractivity contribution in [3.05, 3.63) is 81.9 Å². The Labute approximate surface area is 145 Å². The van der Waals surface area contributed by atoms with E-state index < -0.39 is 4.92 Å². The third-order valence-electron chi connectivity index (χ3n) is 4.05. The summed E-state index contributed by atoms with van der Waals surface area (Å²) < 4.78 is 5.76. The summed E-state index contributed by atoms with van der Waals surface area (Å²) in [6, 6.07) is 16.0. The normalized spacial score (nSPS) is 17.6. The first kappa shape index (κ1) is 16.9. The van der Waals surface area contributed by atoms with Gasteiger partial charge in [-0.15, -0.1) is 0 Å². The highest BCUT2D eigenvalue weighted by molar-refractivity contribution is 5.92. The Hall–Kier alpha value is -2.99. The first-order valence-electron chi connectivity index (χ1n) is 8.01. The molecule has 0 aliphatic carbocycles. The zero-order valence-electron chi connectivity index (χ0n) is 13.6. The molecular weight excluding hydrogens is 320 g/mol. The second kappa shape index (κ2) is 7.72. The molecule has 0 N–H and O–H groups in total. The van der Waals surface area contributed by atoms with Crippen molar-refractivity contribution in [2.24, 2.45) is 0 Å². The van der Waals surface area contributed by atoms with E-state index in [1.165, 1.54) is 18.2 Å². The molecule has 25 heavy (non-hydrogen) atoms. The van der Waals surface area contributed by atoms with Gasteiger partial charge in [0.1, 0.15) is 6.10 Å². The molecule has 0 radical (unpaired) electrons. The lowest BCUT2D eigenvalue weighted by Crippen LogP contribution is -2.41. The number of non-ortho nitro benzene ring substituents is 1. The van der Waals surface area contributed by atoms with Crippen LogP contribution in [0.25, 0.3) is 6.08 Å². The summed E-state index contributed by atoms with van der Waals surface area (Å²) in [6.07, 6.45) is 2.92. The minimum Gasteiger partial charge on any atom is -0.370 e. The van der Waals surface area contributed by atoms with E-state index in [4.69, 9.17) is 4.74 Å². The number of ether oxygens (including phenoxy) is 1. The number of carbonyl (C=O) groups excluding carboxylic acids is 1. The van der Waals surface area contributed by atoms with E-state index in [-0.39, 0.29) is 17.7 Å². The maximum absolute atomic E-state index is 12.4. The van der Waals surface area contributed by atoms with E-state index in [0.717, 1.165) is 5.56 Å². The highest BCUT2D eigenvalue weighted by Gasteiger charge is 2.24. The molecular formula is C19H18N2O4. The molecule has 1 aliphatic rings. The molecule has 3 rings (SSSR count). The Morgan fingerprint density at radius 2 is 2.00 bits per heavy atom. The SMILES string of the molecule is O=C(/C=C/c1cccc([N+](=O)[O-])c1)N1CCOC(c2ccccc2)C1. The molecule has 1 aliphatic heterocycles. The van der Waals surface area contributed by atoms with Crippen LogP contribution in [0.1, 0.15) is 17.2 Å². The van der Waals surface area contributed by atoms with Crippen LogP contribution >= 0.6 is 0 Å². The quantitative estimate of drug-likeness (QED) is 0.487. The van der Waals surface area contributed by atoms with Gasteiger partial charge in [0.15, 0.2) is 0 Å². The molecule has 128 valence electrons. The summed E-state index contributed by atoms with van der Waals surface area (Å²) in [6.45, 7) is 1.50. The zero-order valence-corrected chi connectivity index (χ0v) is 13.6. The minimum atomic E-state index is -0.453. The van der Waals surface area contributed by atoms with Crippen molar-refractivity contribution < 1.29 is 14.5 Å². The number of carbonyl (C=O) groups is 1. The third-order valence-corrected chi connectivity index (χ3v) is 4.05. The summed E-state index contributed by atoms with van der Waals surface area (Å²) in [4.78, 5) is 24.5. The van der Waals surface area contributed by atoms with Crippen molar-refractivity contribution in [3.63, 3.8) is 0 Å². The van der Waals surface area contributed by atoms with Gasteiger partial charge in [-0.05, 0) is 17.2 Å². The van der Waals surface area contributed by atoms with Gasteiger partial charge < -0.3 is 9.64 Å². The standard InChI is InChI=1S/C19H18N2O4/c22-19(10-9-15-5-4-8-17(13-15)21(23)24)20-11-12-25-18(14-20)16-6-2-1-3-7-16/h1-10,13,18H,11-12,14H2/b10-9+. The van der Waals surface area contributed by atoms with E-state index >= 15 is 0 Å².